The molecule has 1 aromatic heterocycles. The molecule has 4 rings (SSSR count). The van der Waals surface area contributed by atoms with Crippen LogP contribution in [0.2, 0.25) is 0 Å². The van der Waals surface area contributed by atoms with Gasteiger partial charge < -0.3 is 20.4 Å². The summed E-state index contributed by atoms with van der Waals surface area (Å²) in [5.74, 6) is 0.546. The summed E-state index contributed by atoms with van der Waals surface area (Å²) in [6, 6.07) is 18.2. The summed E-state index contributed by atoms with van der Waals surface area (Å²) >= 11 is 0. The van der Waals surface area contributed by atoms with Crippen molar-refractivity contribution in [3.8, 4) is 5.75 Å². The number of nitrogens with one attached hydrogen (secondary N) is 3. The normalized spacial score (nSPS) is 14.2. The van der Waals surface area contributed by atoms with Crippen molar-refractivity contribution in [1.29, 1.82) is 0 Å². The zero-order valence-electron chi connectivity index (χ0n) is 19.7. The van der Waals surface area contributed by atoms with Gasteiger partial charge in [-0.15, -0.1) is 0 Å². The fourth-order valence-corrected chi connectivity index (χ4v) is 4.36. The molecule has 3 N–H and O–H groups in total. The third-order valence-electron chi connectivity index (χ3n) is 6.15. The minimum Gasteiger partial charge on any atom is -0.494 e. The Hall–Kier alpha value is -3.38. The Morgan fingerprint density at radius 3 is 2.62 bits per heavy atom. The Labute approximate surface area is 201 Å². The first-order valence-electron chi connectivity index (χ1n) is 12.1. The monoisotopic (exact) mass is 459 g/mol. The van der Waals surface area contributed by atoms with Crippen LogP contribution in [0, 0.1) is 0 Å². The number of rotatable bonds is 10. The number of aromatic nitrogens is 1. The number of ketones is 1. The first kappa shape index (κ1) is 23.8. The number of ether oxygens (including phenoxy) is 1. The summed E-state index contributed by atoms with van der Waals surface area (Å²) < 4.78 is 5.84. The highest BCUT2D eigenvalue weighted by atomic mass is 16.5. The van der Waals surface area contributed by atoms with E-state index in [4.69, 9.17) is 4.74 Å². The first-order valence-corrected chi connectivity index (χ1v) is 12.1. The van der Waals surface area contributed by atoms with Crippen LogP contribution in [0.1, 0.15) is 64.6 Å². The predicted molar refractivity (Wildman–Crippen MR) is 135 cm³/mol. The number of aromatic amines is 1. The minimum atomic E-state index is -0.267. The van der Waals surface area contributed by atoms with E-state index in [0.717, 1.165) is 50.1 Å². The van der Waals surface area contributed by atoms with Crippen LogP contribution in [-0.4, -0.2) is 35.9 Å². The number of carbonyl (C=O) groups is 2. The van der Waals surface area contributed by atoms with Gasteiger partial charge in [-0.3, -0.25) is 9.59 Å². The Balaban J connectivity index is 1.20. The van der Waals surface area contributed by atoms with Gasteiger partial charge in [0.15, 0.2) is 5.78 Å². The second-order valence-electron chi connectivity index (χ2n) is 8.91. The number of anilines is 1. The second kappa shape index (κ2) is 11.7. The summed E-state index contributed by atoms with van der Waals surface area (Å²) in [6.45, 7) is 3.71. The highest BCUT2D eigenvalue weighted by Gasteiger charge is 2.24. The molecular formula is C28H33N3O3. The fourth-order valence-electron chi connectivity index (χ4n) is 4.36. The summed E-state index contributed by atoms with van der Waals surface area (Å²) in [5, 5.41) is 6.43. The van der Waals surface area contributed by atoms with Gasteiger partial charge >= 0.3 is 0 Å². The van der Waals surface area contributed by atoms with Gasteiger partial charge in [0, 0.05) is 30.0 Å². The molecule has 1 aliphatic carbocycles. The number of benzene rings is 2. The molecule has 34 heavy (non-hydrogen) atoms. The number of carbonyl (C=O) groups excluding carboxylic acids is 2. The maximum atomic E-state index is 12.8. The van der Waals surface area contributed by atoms with Gasteiger partial charge in [-0.05, 0) is 75.4 Å². The molecular weight excluding hydrogens is 426 g/mol. The molecule has 1 heterocycles. The van der Waals surface area contributed by atoms with E-state index in [1.54, 1.807) is 6.20 Å². The maximum absolute atomic E-state index is 12.8. The van der Waals surface area contributed by atoms with Gasteiger partial charge in [-0.2, -0.15) is 0 Å². The van der Waals surface area contributed by atoms with Crippen LogP contribution >= 0.6 is 0 Å². The van der Waals surface area contributed by atoms with Crippen LogP contribution < -0.4 is 15.4 Å². The lowest BCUT2D eigenvalue weighted by Crippen LogP contribution is -2.29. The Bertz CT molecular complexity index is 1090. The largest absolute Gasteiger partial charge is 0.494 e. The molecule has 6 nitrogen and oxygen atoms in total. The van der Waals surface area contributed by atoms with Crippen molar-refractivity contribution in [2.24, 2.45) is 0 Å². The quantitative estimate of drug-likeness (QED) is 0.289. The van der Waals surface area contributed by atoms with E-state index in [9.17, 15) is 9.59 Å². The highest BCUT2D eigenvalue weighted by Crippen LogP contribution is 2.24. The highest BCUT2D eigenvalue weighted by molar-refractivity contribution is 6.13. The molecule has 0 fully saturated rings. The topological polar surface area (TPSA) is 83.2 Å². The number of hydrogen-bond donors (Lipinski definition) is 3. The van der Waals surface area contributed by atoms with Gasteiger partial charge in [0.05, 0.1) is 17.7 Å². The van der Waals surface area contributed by atoms with Gasteiger partial charge in [-0.25, -0.2) is 0 Å². The van der Waals surface area contributed by atoms with E-state index in [-0.39, 0.29) is 11.7 Å². The molecule has 3 aromatic rings. The fraction of sp³-hybridized carbons (Fsp3) is 0.357. The first-order chi connectivity index (χ1) is 16.6. The molecule has 0 spiro atoms. The van der Waals surface area contributed by atoms with Crippen molar-refractivity contribution < 1.29 is 14.3 Å². The zero-order valence-corrected chi connectivity index (χ0v) is 19.7. The van der Waals surface area contributed by atoms with Crippen molar-refractivity contribution in [2.45, 2.75) is 51.5 Å². The molecule has 1 atom stereocenters. The van der Waals surface area contributed by atoms with Crippen molar-refractivity contribution in [1.82, 2.24) is 10.3 Å². The van der Waals surface area contributed by atoms with Crippen molar-refractivity contribution >= 4 is 17.4 Å². The smallest absolute Gasteiger partial charge is 0.257 e. The lowest BCUT2D eigenvalue weighted by molar-refractivity contribution is 0.0965. The van der Waals surface area contributed by atoms with Gasteiger partial charge in [0.1, 0.15) is 5.75 Å². The molecule has 0 bridgehead atoms. The average Bonchev–Trinajstić information content (AvgIpc) is 3.19. The van der Waals surface area contributed by atoms with Crippen LogP contribution in [-0.2, 0) is 12.8 Å². The molecule has 1 amide bonds. The van der Waals surface area contributed by atoms with E-state index in [2.05, 4.69) is 46.8 Å². The van der Waals surface area contributed by atoms with Crippen LogP contribution in [0.5, 0.6) is 5.75 Å². The molecule has 0 radical (unpaired) electrons. The Morgan fingerprint density at radius 2 is 1.82 bits per heavy atom. The standard InChI is InChI=1S/C28H33N3O3/c1-20(18-21-8-3-2-4-9-21)29-16-7-17-34-23-14-12-22(13-15-23)31-28(33)24-19-30-25-10-5-6-11-26(32)27(24)25/h2-4,8-9,12-15,19-20,29-30H,5-7,10-11,16-18H2,1H3,(H,31,33). The van der Waals surface area contributed by atoms with Crippen LogP contribution in [0.25, 0.3) is 0 Å². The molecule has 178 valence electrons. The van der Waals surface area contributed by atoms with Crippen LogP contribution in [0.3, 0.4) is 0 Å². The Morgan fingerprint density at radius 1 is 1.06 bits per heavy atom. The predicted octanol–water partition coefficient (Wildman–Crippen LogP) is 5.17. The number of amides is 1. The number of aryl methyl sites for hydroxylation is 1. The van der Waals surface area contributed by atoms with E-state index < -0.39 is 0 Å². The molecule has 2 aromatic carbocycles. The van der Waals surface area contributed by atoms with Crippen LogP contribution in [0.4, 0.5) is 5.69 Å². The van der Waals surface area contributed by atoms with Gasteiger partial charge in [0.2, 0.25) is 0 Å². The minimum absolute atomic E-state index is 0.0478. The summed E-state index contributed by atoms with van der Waals surface area (Å²) in [6.07, 6.45) is 6.70. The van der Waals surface area contributed by atoms with E-state index in [0.29, 0.717) is 35.9 Å². The number of hydrogen-bond acceptors (Lipinski definition) is 4. The van der Waals surface area contributed by atoms with Crippen molar-refractivity contribution in [2.75, 3.05) is 18.5 Å². The van der Waals surface area contributed by atoms with E-state index in [1.807, 2.05) is 30.3 Å². The molecule has 6 heteroatoms. The lowest BCUT2D eigenvalue weighted by atomic mass is 10.0. The number of Topliss-reactive ketones (excluding diaryl/α,β-unsaturated/α-hetero) is 1. The average molecular weight is 460 g/mol. The van der Waals surface area contributed by atoms with Crippen LogP contribution in [0.15, 0.2) is 60.8 Å². The van der Waals surface area contributed by atoms with Gasteiger partial charge in [0.25, 0.3) is 5.91 Å². The van der Waals surface area contributed by atoms with E-state index >= 15 is 0 Å². The third-order valence-corrected chi connectivity index (χ3v) is 6.15. The number of fused-ring (bicyclic) bond motifs is 1. The van der Waals surface area contributed by atoms with E-state index in [1.165, 1.54) is 5.56 Å². The second-order valence-corrected chi connectivity index (χ2v) is 8.91. The van der Waals surface area contributed by atoms with Crippen molar-refractivity contribution in [3.63, 3.8) is 0 Å². The number of H-pyrrole nitrogens is 1. The molecule has 1 aliphatic rings. The van der Waals surface area contributed by atoms with Gasteiger partial charge in [-0.1, -0.05) is 30.3 Å². The molecule has 0 saturated carbocycles. The Kier molecular flexibility index (Phi) is 8.15. The summed E-state index contributed by atoms with van der Waals surface area (Å²) in [7, 11) is 0. The molecule has 0 saturated heterocycles. The SMILES string of the molecule is CC(Cc1ccccc1)NCCCOc1ccc(NC(=O)c2c[nH]c3c2C(=O)CCCC3)cc1. The third kappa shape index (κ3) is 6.35. The zero-order chi connectivity index (χ0) is 23.8. The lowest BCUT2D eigenvalue weighted by Gasteiger charge is -2.14. The van der Waals surface area contributed by atoms with Crippen molar-refractivity contribution in [3.05, 3.63) is 83.2 Å². The maximum Gasteiger partial charge on any atom is 0.257 e. The molecule has 1 unspecified atom stereocenters. The summed E-state index contributed by atoms with van der Waals surface area (Å²) in [5.41, 5.74) is 3.87. The molecule has 0 aliphatic heterocycles. The summed E-state index contributed by atoms with van der Waals surface area (Å²) in [4.78, 5) is 28.3.